The quantitative estimate of drug-likeness (QED) is 0.233. The highest BCUT2D eigenvalue weighted by Crippen LogP contribution is 2.27. The Bertz CT molecular complexity index is 1230. The highest BCUT2D eigenvalue weighted by Gasteiger charge is 2.21. The summed E-state index contributed by atoms with van der Waals surface area (Å²) in [5.74, 6) is -0.0496. The number of phenols is 1. The molecule has 0 aromatic heterocycles. The average Bonchev–Trinajstić information content (AvgIpc) is 2.87. The Morgan fingerprint density at radius 2 is 1.66 bits per heavy atom. The first kappa shape index (κ1) is 28.7. The number of benzene rings is 3. The molecule has 3 aromatic carbocycles. The van der Waals surface area contributed by atoms with Crippen molar-refractivity contribution in [2.45, 2.75) is 44.8 Å². The van der Waals surface area contributed by atoms with Crippen molar-refractivity contribution in [3.8, 4) is 5.75 Å². The van der Waals surface area contributed by atoms with Gasteiger partial charge in [-0.15, -0.1) is 0 Å². The molecule has 1 unspecified atom stereocenters. The molecular formula is C30H38N4O4. The zero-order valence-electron chi connectivity index (χ0n) is 22.3. The van der Waals surface area contributed by atoms with Crippen LogP contribution in [-0.4, -0.2) is 52.7 Å². The number of nitrogens with zero attached hydrogens (tertiary/aromatic N) is 1. The number of β-amino-alcohol motifs (C(OH)–C–C–N with tert-alkyl or cyclic N) is 1. The van der Waals surface area contributed by atoms with Crippen LogP contribution in [0.25, 0.3) is 0 Å². The van der Waals surface area contributed by atoms with E-state index in [-0.39, 0.29) is 29.4 Å². The fraction of sp³-hybridized carbons (Fsp3) is 0.333. The average molecular weight is 519 g/mol. The van der Waals surface area contributed by atoms with Crippen molar-refractivity contribution < 1.29 is 19.8 Å². The molecule has 0 heterocycles. The van der Waals surface area contributed by atoms with E-state index in [4.69, 9.17) is 5.73 Å². The third-order valence-corrected chi connectivity index (χ3v) is 6.43. The summed E-state index contributed by atoms with van der Waals surface area (Å²) in [6.45, 7) is 5.03. The van der Waals surface area contributed by atoms with E-state index in [1.165, 1.54) is 17.7 Å². The lowest BCUT2D eigenvalue weighted by Crippen LogP contribution is -2.43. The first-order valence-electron chi connectivity index (χ1n) is 12.7. The number of amides is 3. The van der Waals surface area contributed by atoms with Crippen molar-refractivity contribution in [1.29, 1.82) is 0 Å². The molecule has 0 fully saturated rings. The molecule has 0 aliphatic carbocycles. The van der Waals surface area contributed by atoms with Gasteiger partial charge >= 0.3 is 6.03 Å². The molecule has 3 amide bonds. The van der Waals surface area contributed by atoms with Crippen LogP contribution in [0.2, 0.25) is 0 Å². The number of rotatable bonds is 12. The van der Waals surface area contributed by atoms with Crippen LogP contribution in [0.15, 0.2) is 72.8 Å². The minimum absolute atomic E-state index is 0.0812. The molecular weight excluding hydrogens is 480 g/mol. The van der Waals surface area contributed by atoms with Gasteiger partial charge in [0.2, 0.25) is 5.91 Å². The fourth-order valence-corrected chi connectivity index (χ4v) is 4.28. The maximum Gasteiger partial charge on any atom is 0.316 e. The summed E-state index contributed by atoms with van der Waals surface area (Å²) >= 11 is 0. The van der Waals surface area contributed by atoms with Gasteiger partial charge in [0, 0.05) is 25.7 Å². The molecule has 0 aliphatic rings. The second-order valence-corrected chi connectivity index (χ2v) is 10.3. The van der Waals surface area contributed by atoms with Gasteiger partial charge in [0.15, 0.2) is 0 Å². The molecule has 0 spiro atoms. The van der Waals surface area contributed by atoms with E-state index >= 15 is 0 Å². The number of anilines is 1. The van der Waals surface area contributed by atoms with Gasteiger partial charge in [-0.05, 0) is 61.1 Å². The smallest absolute Gasteiger partial charge is 0.316 e. The van der Waals surface area contributed by atoms with Crippen LogP contribution in [-0.2, 0) is 24.1 Å². The van der Waals surface area contributed by atoms with Gasteiger partial charge in [-0.2, -0.15) is 0 Å². The van der Waals surface area contributed by atoms with Crippen molar-refractivity contribution in [1.82, 2.24) is 10.2 Å². The number of likely N-dealkylation sites (N-methyl/N-ethyl adjacent to an activating group) is 1. The number of urea groups is 1. The van der Waals surface area contributed by atoms with Crippen LogP contribution in [0.4, 0.5) is 10.5 Å². The van der Waals surface area contributed by atoms with Crippen LogP contribution in [0, 0.1) is 0 Å². The van der Waals surface area contributed by atoms with Crippen molar-refractivity contribution >= 4 is 17.6 Å². The molecule has 0 bridgehead atoms. The summed E-state index contributed by atoms with van der Waals surface area (Å²) < 4.78 is 0. The topological polar surface area (TPSA) is 128 Å². The van der Waals surface area contributed by atoms with Gasteiger partial charge in [-0.25, -0.2) is 4.79 Å². The third kappa shape index (κ3) is 8.90. The highest BCUT2D eigenvalue weighted by atomic mass is 16.3. The Labute approximate surface area is 224 Å². The number of nitrogens with two attached hydrogens (primary N) is 1. The molecule has 3 aromatic rings. The van der Waals surface area contributed by atoms with Gasteiger partial charge < -0.3 is 31.5 Å². The lowest BCUT2D eigenvalue weighted by Gasteiger charge is -2.28. The number of carbonyl (C=O) groups excluding carboxylic acids is 2. The van der Waals surface area contributed by atoms with Gasteiger partial charge in [0.1, 0.15) is 5.75 Å². The van der Waals surface area contributed by atoms with Crippen LogP contribution in [0.1, 0.15) is 42.2 Å². The predicted octanol–water partition coefficient (Wildman–Crippen LogP) is 3.77. The minimum Gasteiger partial charge on any atom is -0.506 e. The maximum absolute atomic E-state index is 12.8. The van der Waals surface area contributed by atoms with Crippen molar-refractivity contribution in [3.05, 3.63) is 95.1 Å². The van der Waals surface area contributed by atoms with Crippen LogP contribution in [0.3, 0.4) is 0 Å². The Morgan fingerprint density at radius 1 is 0.974 bits per heavy atom. The van der Waals surface area contributed by atoms with Gasteiger partial charge in [-0.1, -0.05) is 60.7 Å². The Morgan fingerprint density at radius 3 is 2.37 bits per heavy atom. The molecule has 202 valence electrons. The first-order chi connectivity index (χ1) is 18.0. The number of phenolic OH excluding ortho intramolecular Hbond substituents is 1. The van der Waals surface area contributed by atoms with E-state index in [1.807, 2.05) is 57.3 Å². The summed E-state index contributed by atoms with van der Waals surface area (Å²) in [5.41, 5.74) is 8.74. The molecule has 1 atom stereocenters. The van der Waals surface area contributed by atoms with Crippen LogP contribution >= 0.6 is 0 Å². The van der Waals surface area contributed by atoms with E-state index in [0.29, 0.717) is 24.9 Å². The Hall–Kier alpha value is -3.88. The van der Waals surface area contributed by atoms with E-state index in [2.05, 4.69) is 28.8 Å². The second kappa shape index (κ2) is 13.1. The van der Waals surface area contributed by atoms with E-state index in [1.54, 1.807) is 11.0 Å². The monoisotopic (exact) mass is 518 g/mol. The standard InChI is InChI=1S/C30H38N4O4/c1-30(2,32-20-27(36)24-12-13-26(35)25(18-24)33-29(31)38)19-23-11-7-10-22(16-23)17-28(37)34(3)15-14-21-8-5-4-6-9-21/h4-13,16,18,27,32,35-36H,14-15,17,19-20H2,1-3H3,(H3,31,33,38). The minimum atomic E-state index is -0.862. The molecule has 8 heteroatoms. The van der Waals surface area contributed by atoms with Crippen LogP contribution in [0.5, 0.6) is 5.75 Å². The molecule has 6 N–H and O–H groups in total. The summed E-state index contributed by atoms with van der Waals surface area (Å²) in [7, 11) is 1.84. The van der Waals surface area contributed by atoms with E-state index in [9.17, 15) is 19.8 Å². The molecule has 0 radical (unpaired) electrons. The Kier molecular flexibility index (Phi) is 9.87. The lowest BCUT2D eigenvalue weighted by atomic mass is 9.93. The largest absolute Gasteiger partial charge is 0.506 e. The molecule has 0 aliphatic heterocycles. The number of nitrogens with one attached hydrogen (secondary N) is 2. The molecule has 0 saturated carbocycles. The zero-order valence-corrected chi connectivity index (χ0v) is 22.3. The third-order valence-electron chi connectivity index (χ3n) is 6.43. The summed E-state index contributed by atoms with van der Waals surface area (Å²) in [6.07, 6.45) is 0.991. The summed E-state index contributed by atoms with van der Waals surface area (Å²) in [5, 5.41) is 26.3. The summed E-state index contributed by atoms with van der Waals surface area (Å²) in [6, 6.07) is 21.9. The molecule has 0 saturated heterocycles. The highest BCUT2D eigenvalue weighted by molar-refractivity contribution is 5.89. The van der Waals surface area contributed by atoms with Gasteiger partial charge in [0.25, 0.3) is 0 Å². The van der Waals surface area contributed by atoms with Crippen molar-refractivity contribution in [3.63, 3.8) is 0 Å². The van der Waals surface area contributed by atoms with Crippen molar-refractivity contribution in [2.24, 2.45) is 5.73 Å². The van der Waals surface area contributed by atoms with Crippen molar-refractivity contribution in [2.75, 3.05) is 25.5 Å². The predicted molar refractivity (Wildman–Crippen MR) is 150 cm³/mol. The number of hydrogen-bond donors (Lipinski definition) is 5. The molecule has 8 nitrogen and oxygen atoms in total. The molecule has 3 rings (SSSR count). The lowest BCUT2D eigenvalue weighted by molar-refractivity contribution is -0.129. The molecule has 38 heavy (non-hydrogen) atoms. The Balaban J connectivity index is 1.53. The first-order valence-corrected chi connectivity index (χ1v) is 12.7. The second-order valence-electron chi connectivity index (χ2n) is 10.3. The SMILES string of the molecule is CN(CCc1ccccc1)C(=O)Cc1cccc(CC(C)(C)NCC(O)c2ccc(O)c(NC(N)=O)c2)c1. The fourth-order valence-electron chi connectivity index (χ4n) is 4.28. The normalized spacial score (nSPS) is 12.1. The zero-order chi connectivity index (χ0) is 27.7. The maximum atomic E-state index is 12.8. The van der Waals surface area contributed by atoms with Gasteiger partial charge in [0.05, 0.1) is 18.2 Å². The van der Waals surface area contributed by atoms with E-state index < -0.39 is 12.1 Å². The number of aliphatic hydroxyl groups is 1. The van der Waals surface area contributed by atoms with E-state index in [0.717, 1.165) is 17.5 Å². The van der Waals surface area contributed by atoms with Gasteiger partial charge in [-0.3, -0.25) is 4.79 Å². The number of carbonyl (C=O) groups is 2. The number of primary amides is 1. The number of hydrogen-bond acceptors (Lipinski definition) is 5. The summed E-state index contributed by atoms with van der Waals surface area (Å²) in [4.78, 5) is 25.7. The van der Waals surface area contributed by atoms with Crippen LogP contribution < -0.4 is 16.4 Å². The number of aromatic hydroxyl groups is 1. The number of aliphatic hydroxyl groups excluding tert-OH is 1.